The van der Waals surface area contributed by atoms with Gasteiger partial charge in [0.15, 0.2) is 0 Å². The smallest absolute Gasteiger partial charge is 0.402 e. The Balaban J connectivity index is 1.80. The van der Waals surface area contributed by atoms with E-state index in [1.54, 1.807) is 0 Å². The molecule has 22 heavy (non-hydrogen) atoms. The number of hydrogen-bond donors (Lipinski definition) is 0. The lowest BCUT2D eigenvalue weighted by molar-refractivity contribution is 0.0842. The molecule has 1 unspecified atom stereocenters. The molecule has 0 bridgehead atoms. The van der Waals surface area contributed by atoms with E-state index < -0.39 is 0 Å². The highest BCUT2D eigenvalue weighted by atomic mass is 16.7. The standard InChI is InChI=1S/C19H19BO2/c1-13-19(2,3)22-20(21-13)16-10-11-18-15(12-16)9-8-14-6-4-5-7-17(14)18/h4-13H,1-3H3. The molecule has 4 rings (SSSR count). The molecule has 0 N–H and O–H groups in total. The molecular weight excluding hydrogens is 271 g/mol. The van der Waals surface area contributed by atoms with Crippen LogP contribution in [0.5, 0.6) is 0 Å². The number of benzene rings is 3. The minimum Gasteiger partial charge on any atom is -0.402 e. The minimum absolute atomic E-state index is 0.0878. The molecule has 110 valence electrons. The van der Waals surface area contributed by atoms with Gasteiger partial charge in [-0.05, 0) is 47.8 Å². The molecule has 1 saturated heterocycles. The van der Waals surface area contributed by atoms with E-state index in [2.05, 4.69) is 75.4 Å². The van der Waals surface area contributed by atoms with Gasteiger partial charge in [0.25, 0.3) is 0 Å². The summed E-state index contributed by atoms with van der Waals surface area (Å²) in [6, 6.07) is 19.3. The molecule has 0 aromatic heterocycles. The van der Waals surface area contributed by atoms with Crippen LogP contribution >= 0.6 is 0 Å². The lowest BCUT2D eigenvalue weighted by Gasteiger charge is -2.21. The Morgan fingerprint density at radius 2 is 1.64 bits per heavy atom. The maximum atomic E-state index is 6.06. The van der Waals surface area contributed by atoms with Crippen molar-refractivity contribution >= 4 is 34.1 Å². The normalized spacial score (nSPS) is 20.9. The molecule has 0 radical (unpaired) electrons. The molecule has 0 amide bonds. The highest BCUT2D eigenvalue weighted by molar-refractivity contribution is 6.62. The van der Waals surface area contributed by atoms with Crippen LogP contribution in [0.15, 0.2) is 54.6 Å². The first-order valence-electron chi connectivity index (χ1n) is 7.79. The fraction of sp³-hybridized carbons (Fsp3) is 0.263. The Hall–Kier alpha value is -1.84. The Morgan fingerprint density at radius 1 is 0.909 bits per heavy atom. The van der Waals surface area contributed by atoms with Crippen LogP contribution in [0.4, 0.5) is 0 Å². The molecule has 2 nitrogen and oxygen atoms in total. The van der Waals surface area contributed by atoms with Gasteiger partial charge in [-0.2, -0.15) is 0 Å². The Labute approximate surface area is 131 Å². The predicted octanol–water partition coefficient (Wildman–Crippen LogP) is 3.90. The molecule has 3 aromatic carbocycles. The predicted molar refractivity (Wildman–Crippen MR) is 92.6 cm³/mol. The molecule has 1 heterocycles. The molecule has 1 atom stereocenters. The molecule has 1 aliphatic rings. The van der Waals surface area contributed by atoms with E-state index >= 15 is 0 Å². The van der Waals surface area contributed by atoms with Gasteiger partial charge in [0.2, 0.25) is 0 Å². The Bertz CT molecular complexity index is 856. The second-order valence-corrected chi connectivity index (χ2v) is 6.60. The number of hydrogen-bond acceptors (Lipinski definition) is 2. The van der Waals surface area contributed by atoms with Gasteiger partial charge in [0, 0.05) is 0 Å². The second kappa shape index (κ2) is 4.84. The minimum atomic E-state index is -0.277. The van der Waals surface area contributed by atoms with Crippen LogP contribution in [0.1, 0.15) is 20.8 Å². The molecule has 3 heteroatoms. The molecular formula is C19H19BO2. The quantitative estimate of drug-likeness (QED) is 0.500. The van der Waals surface area contributed by atoms with Crippen molar-refractivity contribution in [2.75, 3.05) is 0 Å². The molecule has 1 aliphatic heterocycles. The van der Waals surface area contributed by atoms with Crippen molar-refractivity contribution in [3.05, 3.63) is 54.6 Å². The van der Waals surface area contributed by atoms with Crippen LogP contribution in [0.3, 0.4) is 0 Å². The van der Waals surface area contributed by atoms with Crippen molar-refractivity contribution in [3.63, 3.8) is 0 Å². The average molecular weight is 290 g/mol. The molecule has 0 aliphatic carbocycles. The van der Waals surface area contributed by atoms with E-state index in [9.17, 15) is 0 Å². The van der Waals surface area contributed by atoms with Gasteiger partial charge in [-0.1, -0.05) is 54.6 Å². The first-order chi connectivity index (χ1) is 10.5. The third-order valence-electron chi connectivity index (χ3n) is 4.76. The van der Waals surface area contributed by atoms with E-state index in [0.29, 0.717) is 0 Å². The first kappa shape index (κ1) is 13.8. The van der Waals surface area contributed by atoms with Gasteiger partial charge < -0.3 is 9.31 Å². The van der Waals surface area contributed by atoms with Crippen LogP contribution in [0, 0.1) is 0 Å². The van der Waals surface area contributed by atoms with Crippen LogP contribution < -0.4 is 5.46 Å². The van der Waals surface area contributed by atoms with E-state index in [0.717, 1.165) is 5.46 Å². The highest BCUT2D eigenvalue weighted by Crippen LogP contribution is 2.28. The van der Waals surface area contributed by atoms with Crippen molar-refractivity contribution in [1.29, 1.82) is 0 Å². The fourth-order valence-electron chi connectivity index (χ4n) is 3.07. The summed E-state index contributed by atoms with van der Waals surface area (Å²) in [7, 11) is -0.277. The van der Waals surface area contributed by atoms with Gasteiger partial charge in [-0.25, -0.2) is 0 Å². The summed E-state index contributed by atoms with van der Waals surface area (Å²) in [4.78, 5) is 0. The van der Waals surface area contributed by atoms with Crippen LogP contribution in [-0.2, 0) is 9.31 Å². The first-order valence-corrected chi connectivity index (χ1v) is 7.79. The molecule has 0 saturated carbocycles. The van der Waals surface area contributed by atoms with Crippen LogP contribution in [0.25, 0.3) is 21.5 Å². The van der Waals surface area contributed by atoms with E-state index in [4.69, 9.17) is 9.31 Å². The van der Waals surface area contributed by atoms with E-state index in [1.165, 1.54) is 21.5 Å². The fourth-order valence-corrected chi connectivity index (χ4v) is 3.07. The van der Waals surface area contributed by atoms with E-state index in [1.807, 2.05) is 0 Å². The van der Waals surface area contributed by atoms with Crippen molar-refractivity contribution in [3.8, 4) is 0 Å². The Morgan fingerprint density at radius 3 is 2.41 bits per heavy atom. The van der Waals surface area contributed by atoms with Gasteiger partial charge in [-0.3, -0.25) is 0 Å². The lowest BCUT2D eigenvalue weighted by atomic mass is 9.78. The van der Waals surface area contributed by atoms with Gasteiger partial charge in [0.05, 0.1) is 11.7 Å². The third-order valence-corrected chi connectivity index (χ3v) is 4.76. The van der Waals surface area contributed by atoms with Crippen molar-refractivity contribution in [2.45, 2.75) is 32.5 Å². The number of fused-ring (bicyclic) bond motifs is 3. The summed E-state index contributed by atoms with van der Waals surface area (Å²) in [5, 5.41) is 5.05. The largest absolute Gasteiger partial charge is 0.494 e. The zero-order chi connectivity index (χ0) is 15.3. The van der Waals surface area contributed by atoms with Gasteiger partial charge in [-0.15, -0.1) is 0 Å². The topological polar surface area (TPSA) is 18.5 Å². The molecule has 3 aromatic rings. The van der Waals surface area contributed by atoms with Gasteiger partial charge in [0.1, 0.15) is 0 Å². The third kappa shape index (κ3) is 2.13. The van der Waals surface area contributed by atoms with Gasteiger partial charge >= 0.3 is 7.12 Å². The molecule has 0 spiro atoms. The summed E-state index contributed by atoms with van der Waals surface area (Å²) in [6.45, 7) is 6.22. The van der Waals surface area contributed by atoms with Crippen LogP contribution in [0.2, 0.25) is 0 Å². The molecule has 1 fully saturated rings. The zero-order valence-electron chi connectivity index (χ0n) is 13.2. The summed E-state index contributed by atoms with van der Waals surface area (Å²) < 4.78 is 12.0. The summed E-state index contributed by atoms with van der Waals surface area (Å²) in [5.74, 6) is 0. The summed E-state index contributed by atoms with van der Waals surface area (Å²) in [6.07, 6.45) is 0.0878. The monoisotopic (exact) mass is 290 g/mol. The van der Waals surface area contributed by atoms with Crippen molar-refractivity contribution in [2.24, 2.45) is 0 Å². The zero-order valence-corrected chi connectivity index (χ0v) is 13.2. The Kier molecular flexibility index (Phi) is 3.03. The SMILES string of the molecule is CC1OB(c2ccc3c(ccc4ccccc43)c2)OC1(C)C. The second-order valence-electron chi connectivity index (χ2n) is 6.60. The average Bonchev–Trinajstić information content (AvgIpc) is 2.80. The maximum absolute atomic E-state index is 6.06. The van der Waals surface area contributed by atoms with E-state index in [-0.39, 0.29) is 18.8 Å². The van der Waals surface area contributed by atoms with Crippen molar-refractivity contribution < 1.29 is 9.31 Å². The maximum Gasteiger partial charge on any atom is 0.494 e. The summed E-state index contributed by atoms with van der Waals surface area (Å²) in [5.41, 5.74) is 0.837. The van der Waals surface area contributed by atoms with Crippen LogP contribution in [-0.4, -0.2) is 18.8 Å². The summed E-state index contributed by atoms with van der Waals surface area (Å²) >= 11 is 0. The highest BCUT2D eigenvalue weighted by Gasteiger charge is 2.43. The lowest BCUT2D eigenvalue weighted by Crippen LogP contribution is -2.34. The number of rotatable bonds is 1. The van der Waals surface area contributed by atoms with Crippen molar-refractivity contribution in [1.82, 2.24) is 0 Å².